The van der Waals surface area contributed by atoms with E-state index in [0.29, 0.717) is 36.7 Å². The van der Waals surface area contributed by atoms with E-state index >= 15 is 0 Å². The van der Waals surface area contributed by atoms with Gasteiger partial charge in [0.05, 0.1) is 33.9 Å². The molecule has 10 nitrogen and oxygen atoms in total. The Morgan fingerprint density at radius 2 is 1.25 bits per heavy atom. The van der Waals surface area contributed by atoms with E-state index < -0.39 is 32.5 Å². The molecule has 0 fully saturated rings. The number of phosphoric ester groups is 1. The third kappa shape index (κ3) is 37.8. The van der Waals surface area contributed by atoms with Gasteiger partial charge >= 0.3 is 11.9 Å². The van der Waals surface area contributed by atoms with Gasteiger partial charge in [0.15, 0.2) is 6.10 Å². The molecule has 0 amide bonds. The number of hydrogen-bond donors (Lipinski definition) is 1. The number of carbonyl (C=O) groups is 2. The monoisotopic (exact) mass is 768 g/mol. The summed E-state index contributed by atoms with van der Waals surface area (Å²) in [5.74, 6) is -0.928. The Balaban J connectivity index is 4.51. The number of hydrogen-bond acceptors (Lipinski definition) is 9. The van der Waals surface area contributed by atoms with Gasteiger partial charge in [0, 0.05) is 12.8 Å². The van der Waals surface area contributed by atoms with Crippen LogP contribution in [0.5, 0.6) is 0 Å². The number of aliphatic hydroxyl groups is 1. The highest BCUT2D eigenvalue weighted by Gasteiger charge is 2.21. The molecule has 0 aliphatic rings. The Morgan fingerprint density at radius 3 is 1.83 bits per heavy atom. The van der Waals surface area contributed by atoms with E-state index in [9.17, 15) is 24.2 Å². The summed E-state index contributed by atoms with van der Waals surface area (Å²) < 4.78 is 33.7. The molecule has 0 aromatic rings. The maximum absolute atomic E-state index is 12.6. The first-order chi connectivity index (χ1) is 25.4. The number of esters is 2. The summed E-state index contributed by atoms with van der Waals surface area (Å²) in [6.07, 6.45) is 36.4. The molecule has 1 unspecified atom stereocenters. The van der Waals surface area contributed by atoms with Crippen LogP contribution in [0.1, 0.15) is 136 Å². The molecule has 306 valence electrons. The van der Waals surface area contributed by atoms with Crippen LogP contribution in [-0.2, 0) is 32.7 Å². The van der Waals surface area contributed by atoms with Crippen LogP contribution in [0.3, 0.4) is 0 Å². The fourth-order valence-electron chi connectivity index (χ4n) is 4.88. The van der Waals surface area contributed by atoms with Gasteiger partial charge in [-0.2, -0.15) is 0 Å². The first kappa shape index (κ1) is 50.7. The zero-order valence-electron chi connectivity index (χ0n) is 33.8. The highest BCUT2D eigenvalue weighted by Crippen LogP contribution is 2.38. The molecule has 53 heavy (non-hydrogen) atoms. The van der Waals surface area contributed by atoms with Crippen LogP contribution < -0.4 is 4.89 Å². The van der Waals surface area contributed by atoms with E-state index in [4.69, 9.17) is 18.5 Å². The Kier molecular flexibility index (Phi) is 32.7. The maximum Gasteiger partial charge on any atom is 0.306 e. The second-order valence-corrected chi connectivity index (χ2v) is 15.9. The summed E-state index contributed by atoms with van der Waals surface area (Å²) in [4.78, 5) is 37.3. The molecule has 0 spiro atoms. The van der Waals surface area contributed by atoms with Crippen molar-refractivity contribution in [2.45, 2.75) is 148 Å². The predicted molar refractivity (Wildman–Crippen MR) is 214 cm³/mol. The van der Waals surface area contributed by atoms with Crippen LogP contribution >= 0.6 is 7.82 Å². The number of allylic oxidation sites excluding steroid dienone is 9. The van der Waals surface area contributed by atoms with Gasteiger partial charge in [-0.05, 0) is 44.9 Å². The van der Waals surface area contributed by atoms with Crippen molar-refractivity contribution in [3.8, 4) is 0 Å². The summed E-state index contributed by atoms with van der Waals surface area (Å²) in [6, 6.07) is 0. The smallest absolute Gasteiger partial charge is 0.306 e. The largest absolute Gasteiger partial charge is 0.756 e. The highest BCUT2D eigenvalue weighted by molar-refractivity contribution is 7.45. The molecule has 0 rings (SSSR count). The van der Waals surface area contributed by atoms with E-state index in [-0.39, 0.29) is 32.2 Å². The average molecular weight is 768 g/mol. The molecular formula is C42H74NO9P. The van der Waals surface area contributed by atoms with Crippen molar-refractivity contribution in [1.29, 1.82) is 0 Å². The Labute approximate surface area is 322 Å². The second-order valence-electron chi connectivity index (χ2n) is 14.5. The molecule has 0 saturated heterocycles. The minimum Gasteiger partial charge on any atom is -0.756 e. The molecule has 0 aromatic carbocycles. The number of carbonyl (C=O) groups excluding carboxylic acids is 2. The summed E-state index contributed by atoms with van der Waals surface area (Å²) >= 11 is 0. The van der Waals surface area contributed by atoms with E-state index in [2.05, 4.69) is 37.3 Å². The number of unbranched alkanes of at least 4 members (excludes halogenated alkanes) is 11. The first-order valence-corrected chi connectivity index (χ1v) is 21.6. The lowest BCUT2D eigenvalue weighted by Crippen LogP contribution is -2.37. The van der Waals surface area contributed by atoms with Crippen molar-refractivity contribution in [2.75, 3.05) is 47.5 Å². The van der Waals surface area contributed by atoms with Gasteiger partial charge < -0.3 is 33.0 Å². The SMILES string of the molecule is CCCCCCCCCCCCCC(=O)O[C@H](COC(=O)CCC/C=C\C/C=C\C/C=C\C/C=C\C=C\[C@@H](O)CC)COP(=O)([O-])OCC[N+](C)(C)C. The maximum atomic E-state index is 12.6. The van der Waals surface area contributed by atoms with Gasteiger partial charge in [-0.1, -0.05) is 139 Å². The average Bonchev–Trinajstić information content (AvgIpc) is 3.10. The van der Waals surface area contributed by atoms with E-state index in [0.717, 1.165) is 38.5 Å². The Bertz CT molecular complexity index is 1110. The summed E-state index contributed by atoms with van der Waals surface area (Å²) in [6.45, 7) is 3.78. The van der Waals surface area contributed by atoms with Crippen LogP contribution in [0.25, 0.3) is 0 Å². The fourth-order valence-corrected chi connectivity index (χ4v) is 5.60. The summed E-state index contributed by atoms with van der Waals surface area (Å²) in [5, 5.41) is 9.47. The quantitative estimate of drug-likeness (QED) is 0.0167. The zero-order chi connectivity index (χ0) is 39.5. The van der Waals surface area contributed by atoms with Gasteiger partial charge in [0.2, 0.25) is 0 Å². The normalized spacial score (nSPS) is 14.9. The number of quaternary nitrogens is 1. The van der Waals surface area contributed by atoms with Crippen molar-refractivity contribution < 1.29 is 47.2 Å². The number of nitrogens with zero attached hydrogens (tertiary/aromatic N) is 1. The number of rotatable bonds is 35. The summed E-state index contributed by atoms with van der Waals surface area (Å²) in [7, 11) is 1.11. The topological polar surface area (TPSA) is 131 Å². The first-order valence-electron chi connectivity index (χ1n) is 20.1. The van der Waals surface area contributed by atoms with Gasteiger partial charge in [-0.3, -0.25) is 14.2 Å². The lowest BCUT2D eigenvalue weighted by atomic mass is 10.1. The third-order valence-corrected chi connectivity index (χ3v) is 9.17. The van der Waals surface area contributed by atoms with E-state index in [1.165, 1.54) is 44.9 Å². The molecule has 0 aliphatic carbocycles. The number of phosphoric acid groups is 1. The minimum absolute atomic E-state index is 0.0473. The standard InChI is InChI=1S/C42H74NO9P/c1-6-8-9-10-11-12-17-22-25-28-31-34-42(46)52-40(38-51-53(47,48)50-36-35-43(3,4)5)37-49-41(45)33-30-27-24-21-19-16-14-13-15-18-20-23-26-29-32-39(44)7-2/h14-16,18,21,23-24,26,29,32,39-40,44H,6-13,17,19-20,22,25,27-28,30-31,33-38H2,1-5H3/b16-14-,18-15-,24-21-,26-23-,32-29+/t39-,40+/m0/s1. The lowest BCUT2D eigenvalue weighted by molar-refractivity contribution is -0.870. The molecule has 0 saturated carbocycles. The van der Waals surface area contributed by atoms with Crippen LogP contribution in [-0.4, -0.2) is 81.2 Å². The number of ether oxygens (including phenoxy) is 2. The Morgan fingerprint density at radius 1 is 0.698 bits per heavy atom. The fraction of sp³-hybridized carbons (Fsp3) is 0.714. The van der Waals surface area contributed by atoms with Gasteiger partial charge in [0.1, 0.15) is 19.8 Å². The molecule has 0 bridgehead atoms. The van der Waals surface area contributed by atoms with Crippen molar-refractivity contribution in [3.63, 3.8) is 0 Å². The predicted octanol–water partition coefficient (Wildman–Crippen LogP) is 9.24. The minimum atomic E-state index is -4.64. The highest BCUT2D eigenvalue weighted by atomic mass is 31.2. The van der Waals surface area contributed by atoms with Gasteiger partial charge in [-0.15, -0.1) is 0 Å². The molecule has 0 aliphatic heterocycles. The number of likely N-dealkylation sites (N-methyl/N-ethyl adjacent to an activating group) is 1. The van der Waals surface area contributed by atoms with Crippen molar-refractivity contribution in [2.24, 2.45) is 0 Å². The Hall–Kier alpha value is -2.33. The lowest BCUT2D eigenvalue weighted by Gasteiger charge is -2.28. The van der Waals surface area contributed by atoms with Crippen molar-refractivity contribution in [3.05, 3.63) is 60.8 Å². The van der Waals surface area contributed by atoms with Crippen molar-refractivity contribution in [1.82, 2.24) is 0 Å². The van der Waals surface area contributed by atoms with E-state index in [1.807, 2.05) is 52.4 Å². The van der Waals surface area contributed by atoms with Crippen LogP contribution in [0.4, 0.5) is 0 Å². The van der Waals surface area contributed by atoms with Crippen LogP contribution in [0, 0.1) is 0 Å². The van der Waals surface area contributed by atoms with Crippen LogP contribution in [0.15, 0.2) is 60.8 Å². The van der Waals surface area contributed by atoms with Gasteiger partial charge in [0.25, 0.3) is 7.82 Å². The molecule has 0 radical (unpaired) electrons. The molecule has 0 heterocycles. The molecule has 1 N–H and O–H groups in total. The molecular weight excluding hydrogens is 693 g/mol. The van der Waals surface area contributed by atoms with Crippen LogP contribution in [0.2, 0.25) is 0 Å². The molecule has 0 aromatic heterocycles. The second kappa shape index (κ2) is 34.2. The van der Waals surface area contributed by atoms with Crippen molar-refractivity contribution >= 4 is 19.8 Å². The number of aliphatic hydroxyl groups excluding tert-OH is 1. The third-order valence-electron chi connectivity index (χ3n) is 8.21. The van der Waals surface area contributed by atoms with E-state index in [1.54, 1.807) is 6.08 Å². The molecule has 11 heteroatoms. The van der Waals surface area contributed by atoms with Gasteiger partial charge in [-0.25, -0.2) is 0 Å². The molecule has 3 atom stereocenters. The summed E-state index contributed by atoms with van der Waals surface area (Å²) in [5.41, 5.74) is 0. The zero-order valence-corrected chi connectivity index (χ0v) is 34.7.